The van der Waals surface area contributed by atoms with Gasteiger partial charge in [-0.3, -0.25) is 0 Å². The first-order valence-electron chi connectivity index (χ1n) is 7.25. The van der Waals surface area contributed by atoms with Crippen molar-refractivity contribution >= 4 is 10.8 Å². The number of benzene rings is 2. The highest BCUT2D eigenvalue weighted by Gasteiger charge is 2.06. The van der Waals surface area contributed by atoms with E-state index in [4.69, 9.17) is 14.6 Å². The quantitative estimate of drug-likeness (QED) is 0.744. The van der Waals surface area contributed by atoms with Crippen LogP contribution >= 0.6 is 0 Å². The summed E-state index contributed by atoms with van der Waals surface area (Å²) in [6.07, 6.45) is 2.83. The zero-order valence-corrected chi connectivity index (χ0v) is 12.0. The van der Waals surface area contributed by atoms with Gasteiger partial charge in [0.05, 0.1) is 13.2 Å². The third-order valence-electron chi connectivity index (χ3n) is 3.16. The predicted molar refractivity (Wildman–Crippen MR) is 81.5 cm³/mol. The van der Waals surface area contributed by atoms with Gasteiger partial charge in [-0.1, -0.05) is 37.6 Å². The van der Waals surface area contributed by atoms with Crippen molar-refractivity contribution in [3.63, 3.8) is 0 Å². The molecule has 0 bridgehead atoms. The SMILES string of the molecule is CCCCOc1cccc2c(OCCCO)cccc12. The molecule has 108 valence electrons. The Bertz CT molecular complexity index is 487. The molecule has 0 aliphatic rings. The standard InChI is InChI=1S/C17H22O3/c1-2-3-12-19-16-9-4-8-15-14(16)7-5-10-17(15)20-13-6-11-18/h4-5,7-10,18H,2-3,6,11-13H2,1H3. The number of hydrogen-bond acceptors (Lipinski definition) is 3. The fraction of sp³-hybridized carbons (Fsp3) is 0.412. The molecule has 0 aliphatic heterocycles. The van der Waals surface area contributed by atoms with Gasteiger partial charge in [-0.05, 0) is 18.6 Å². The monoisotopic (exact) mass is 274 g/mol. The molecule has 3 heteroatoms. The molecule has 0 fully saturated rings. The number of aliphatic hydroxyl groups excluding tert-OH is 1. The van der Waals surface area contributed by atoms with Gasteiger partial charge in [-0.15, -0.1) is 0 Å². The van der Waals surface area contributed by atoms with E-state index in [-0.39, 0.29) is 6.61 Å². The second-order valence-electron chi connectivity index (χ2n) is 4.74. The maximum Gasteiger partial charge on any atom is 0.127 e. The van der Waals surface area contributed by atoms with Crippen LogP contribution in [-0.2, 0) is 0 Å². The van der Waals surface area contributed by atoms with E-state index < -0.39 is 0 Å². The lowest BCUT2D eigenvalue weighted by atomic mass is 10.1. The van der Waals surface area contributed by atoms with Gasteiger partial charge in [0.25, 0.3) is 0 Å². The highest BCUT2D eigenvalue weighted by Crippen LogP contribution is 2.32. The van der Waals surface area contributed by atoms with Gasteiger partial charge in [0, 0.05) is 23.8 Å². The van der Waals surface area contributed by atoms with Crippen molar-refractivity contribution in [2.75, 3.05) is 19.8 Å². The van der Waals surface area contributed by atoms with Gasteiger partial charge in [-0.2, -0.15) is 0 Å². The summed E-state index contributed by atoms with van der Waals surface area (Å²) >= 11 is 0. The van der Waals surface area contributed by atoms with Crippen LogP contribution < -0.4 is 9.47 Å². The fourth-order valence-corrected chi connectivity index (χ4v) is 2.08. The fourth-order valence-electron chi connectivity index (χ4n) is 2.08. The van der Waals surface area contributed by atoms with Crippen LogP contribution in [0.5, 0.6) is 11.5 Å². The Morgan fingerprint density at radius 1 is 0.850 bits per heavy atom. The van der Waals surface area contributed by atoms with Crippen molar-refractivity contribution in [2.24, 2.45) is 0 Å². The number of rotatable bonds is 8. The van der Waals surface area contributed by atoms with Gasteiger partial charge >= 0.3 is 0 Å². The van der Waals surface area contributed by atoms with E-state index in [1.165, 1.54) is 0 Å². The first kappa shape index (κ1) is 14.7. The molecule has 0 radical (unpaired) electrons. The number of ether oxygens (including phenoxy) is 2. The molecule has 0 spiro atoms. The zero-order chi connectivity index (χ0) is 14.2. The van der Waals surface area contributed by atoms with Crippen LogP contribution in [0.15, 0.2) is 36.4 Å². The van der Waals surface area contributed by atoms with E-state index in [1.54, 1.807) is 0 Å². The first-order valence-corrected chi connectivity index (χ1v) is 7.25. The van der Waals surface area contributed by atoms with Crippen LogP contribution in [0.1, 0.15) is 26.2 Å². The minimum Gasteiger partial charge on any atom is -0.493 e. The van der Waals surface area contributed by atoms with Crippen molar-refractivity contribution in [2.45, 2.75) is 26.2 Å². The van der Waals surface area contributed by atoms with Gasteiger partial charge in [0.2, 0.25) is 0 Å². The summed E-state index contributed by atoms with van der Waals surface area (Å²) in [5.74, 6) is 1.75. The lowest BCUT2D eigenvalue weighted by molar-refractivity contribution is 0.235. The van der Waals surface area contributed by atoms with E-state index in [9.17, 15) is 0 Å². The molecule has 1 N–H and O–H groups in total. The van der Waals surface area contributed by atoms with E-state index in [1.807, 2.05) is 30.3 Å². The molecule has 20 heavy (non-hydrogen) atoms. The zero-order valence-electron chi connectivity index (χ0n) is 12.0. The van der Waals surface area contributed by atoms with Crippen molar-refractivity contribution in [1.29, 1.82) is 0 Å². The molecule has 2 aromatic carbocycles. The average molecular weight is 274 g/mol. The Hall–Kier alpha value is -1.74. The van der Waals surface area contributed by atoms with Crippen LogP contribution in [0.3, 0.4) is 0 Å². The third kappa shape index (κ3) is 3.64. The summed E-state index contributed by atoms with van der Waals surface area (Å²) < 4.78 is 11.6. The molecule has 2 rings (SSSR count). The number of hydrogen-bond donors (Lipinski definition) is 1. The Morgan fingerprint density at radius 3 is 1.90 bits per heavy atom. The molecular formula is C17H22O3. The number of unbranched alkanes of at least 4 members (excludes halogenated alkanes) is 1. The smallest absolute Gasteiger partial charge is 0.127 e. The Balaban J connectivity index is 2.21. The highest BCUT2D eigenvalue weighted by molar-refractivity contribution is 5.93. The van der Waals surface area contributed by atoms with Crippen LogP contribution in [0.25, 0.3) is 10.8 Å². The van der Waals surface area contributed by atoms with E-state index >= 15 is 0 Å². The summed E-state index contributed by atoms with van der Waals surface area (Å²) in [7, 11) is 0. The molecule has 3 nitrogen and oxygen atoms in total. The van der Waals surface area contributed by atoms with E-state index in [2.05, 4.69) is 13.0 Å². The van der Waals surface area contributed by atoms with Crippen molar-refractivity contribution in [3.8, 4) is 11.5 Å². The largest absolute Gasteiger partial charge is 0.493 e. The summed E-state index contributed by atoms with van der Waals surface area (Å²) in [6.45, 7) is 3.57. The Kier molecular flexibility index (Phi) is 5.69. The van der Waals surface area contributed by atoms with Crippen LogP contribution in [0, 0.1) is 0 Å². The predicted octanol–water partition coefficient (Wildman–Crippen LogP) is 3.78. The van der Waals surface area contributed by atoms with Crippen molar-refractivity contribution in [3.05, 3.63) is 36.4 Å². The minimum absolute atomic E-state index is 0.149. The molecule has 0 atom stereocenters. The Morgan fingerprint density at radius 2 is 1.40 bits per heavy atom. The summed E-state index contributed by atoms with van der Waals surface area (Å²) in [5, 5.41) is 11.0. The van der Waals surface area contributed by atoms with E-state index in [0.29, 0.717) is 13.0 Å². The molecule has 0 saturated carbocycles. The minimum atomic E-state index is 0.149. The third-order valence-corrected chi connectivity index (χ3v) is 3.16. The summed E-state index contributed by atoms with van der Waals surface area (Å²) in [5.41, 5.74) is 0. The maximum atomic E-state index is 8.82. The summed E-state index contributed by atoms with van der Waals surface area (Å²) in [4.78, 5) is 0. The van der Waals surface area contributed by atoms with Crippen molar-refractivity contribution in [1.82, 2.24) is 0 Å². The molecule has 0 unspecified atom stereocenters. The normalized spacial score (nSPS) is 10.7. The molecule has 0 aromatic heterocycles. The lowest BCUT2D eigenvalue weighted by Gasteiger charge is -2.12. The molecule has 0 amide bonds. The topological polar surface area (TPSA) is 38.7 Å². The van der Waals surface area contributed by atoms with Crippen LogP contribution in [-0.4, -0.2) is 24.9 Å². The van der Waals surface area contributed by atoms with Gasteiger partial charge in [-0.25, -0.2) is 0 Å². The lowest BCUT2D eigenvalue weighted by Crippen LogP contribution is -2.01. The van der Waals surface area contributed by atoms with Gasteiger partial charge < -0.3 is 14.6 Å². The van der Waals surface area contributed by atoms with Crippen molar-refractivity contribution < 1.29 is 14.6 Å². The van der Waals surface area contributed by atoms with E-state index in [0.717, 1.165) is 41.7 Å². The molecule has 0 aliphatic carbocycles. The molecular weight excluding hydrogens is 252 g/mol. The Labute approximate surface area is 120 Å². The molecule has 0 heterocycles. The number of fused-ring (bicyclic) bond motifs is 1. The number of aliphatic hydroxyl groups is 1. The average Bonchev–Trinajstić information content (AvgIpc) is 2.48. The van der Waals surface area contributed by atoms with Gasteiger partial charge in [0.1, 0.15) is 11.5 Å². The molecule has 2 aromatic rings. The maximum absolute atomic E-state index is 8.82. The van der Waals surface area contributed by atoms with Crippen LogP contribution in [0.4, 0.5) is 0 Å². The first-order chi connectivity index (χ1) is 9.86. The summed E-state index contributed by atoms with van der Waals surface area (Å²) in [6, 6.07) is 12.0. The van der Waals surface area contributed by atoms with Crippen LogP contribution in [0.2, 0.25) is 0 Å². The second kappa shape index (κ2) is 7.75. The molecule has 0 saturated heterocycles. The van der Waals surface area contributed by atoms with Gasteiger partial charge in [0.15, 0.2) is 0 Å². The second-order valence-corrected chi connectivity index (χ2v) is 4.74. The highest BCUT2D eigenvalue weighted by atomic mass is 16.5.